The summed E-state index contributed by atoms with van der Waals surface area (Å²) in [5, 5.41) is 12.4. The fraction of sp³-hybridized carbons (Fsp3) is 0.227. The molecule has 0 aliphatic rings. The SMILES string of the molecule is CC(C)OC(=O)[C@H](C)N(Oc1ccccc1)c1[pH]ccc1Oc1ccc([N+](=O)[O-])cc1. The van der Waals surface area contributed by atoms with E-state index in [4.69, 9.17) is 14.3 Å². The molecule has 0 bridgehead atoms. The minimum absolute atomic E-state index is 0.0236. The van der Waals surface area contributed by atoms with Crippen LogP contribution in [0.3, 0.4) is 0 Å². The summed E-state index contributed by atoms with van der Waals surface area (Å²) in [5.74, 6) is 2.98. The van der Waals surface area contributed by atoms with Gasteiger partial charge in [-0.15, -0.1) is 8.19 Å². The highest BCUT2D eigenvalue weighted by atomic mass is 31.0. The quantitative estimate of drug-likeness (QED) is 0.243. The number of para-hydroxylation sites is 1. The first-order valence-electron chi connectivity index (χ1n) is 9.67. The number of esters is 1. The average molecular weight is 442 g/mol. The van der Waals surface area contributed by atoms with Crippen molar-refractivity contribution in [1.29, 1.82) is 0 Å². The van der Waals surface area contributed by atoms with E-state index in [2.05, 4.69) is 0 Å². The van der Waals surface area contributed by atoms with Crippen molar-refractivity contribution in [3.05, 3.63) is 76.6 Å². The van der Waals surface area contributed by atoms with Crippen LogP contribution in [-0.2, 0) is 9.53 Å². The lowest BCUT2D eigenvalue weighted by Gasteiger charge is -2.29. The molecule has 31 heavy (non-hydrogen) atoms. The number of hydrogen-bond acceptors (Lipinski definition) is 7. The standard InChI is InChI=1S/C22H23N2O6P/c1-15(2)28-22(25)16(3)23(30-19-7-5-4-6-8-19)21-20(13-14-31-21)29-18-11-9-17(10-12-18)24(26)27/h4-16,31H,1-3H3/t16-/m0/s1. The Morgan fingerprint density at radius 2 is 1.68 bits per heavy atom. The van der Waals surface area contributed by atoms with E-state index >= 15 is 0 Å². The van der Waals surface area contributed by atoms with Crippen molar-refractivity contribution in [1.82, 2.24) is 0 Å². The maximum atomic E-state index is 12.6. The van der Waals surface area contributed by atoms with E-state index in [9.17, 15) is 14.9 Å². The number of hydroxylamine groups is 1. The third-order valence-electron chi connectivity index (χ3n) is 4.18. The molecule has 8 nitrogen and oxygen atoms in total. The monoisotopic (exact) mass is 442 g/mol. The smallest absolute Gasteiger partial charge is 0.332 e. The van der Waals surface area contributed by atoms with Crippen LogP contribution in [-0.4, -0.2) is 23.0 Å². The van der Waals surface area contributed by atoms with Crippen LogP contribution >= 0.6 is 8.19 Å². The first-order valence-corrected chi connectivity index (χ1v) is 10.8. The van der Waals surface area contributed by atoms with Crippen molar-refractivity contribution in [2.75, 3.05) is 5.06 Å². The number of anilines is 1. The molecular formula is C22H23N2O6P. The molecule has 0 fully saturated rings. The highest BCUT2D eigenvalue weighted by Crippen LogP contribution is 2.42. The summed E-state index contributed by atoms with van der Waals surface area (Å²) in [6, 6.07) is 16.0. The molecule has 3 aromatic rings. The van der Waals surface area contributed by atoms with Crippen molar-refractivity contribution in [2.45, 2.75) is 32.9 Å². The fourth-order valence-corrected chi connectivity index (χ4v) is 3.74. The normalized spacial score (nSPS) is 11.9. The van der Waals surface area contributed by atoms with Crippen molar-refractivity contribution >= 4 is 25.3 Å². The second kappa shape index (κ2) is 10.00. The van der Waals surface area contributed by atoms with Gasteiger partial charge in [-0.05, 0) is 56.9 Å². The van der Waals surface area contributed by atoms with Crippen LogP contribution in [0.1, 0.15) is 20.8 Å². The summed E-state index contributed by atoms with van der Waals surface area (Å²) in [7, 11) is 0.198. The predicted molar refractivity (Wildman–Crippen MR) is 119 cm³/mol. The highest BCUT2D eigenvalue weighted by Gasteiger charge is 2.29. The summed E-state index contributed by atoms with van der Waals surface area (Å²) >= 11 is 0. The Bertz CT molecular complexity index is 1020. The van der Waals surface area contributed by atoms with E-state index in [0.717, 1.165) is 0 Å². The molecule has 3 rings (SSSR count). The lowest BCUT2D eigenvalue weighted by atomic mass is 10.3. The molecule has 0 N–H and O–H groups in total. The number of nitrogens with zero attached hydrogens (tertiary/aromatic N) is 2. The molecule has 2 aromatic carbocycles. The second-order valence-corrected chi connectivity index (χ2v) is 8.03. The Kier molecular flexibility index (Phi) is 7.15. The van der Waals surface area contributed by atoms with Gasteiger partial charge in [0.15, 0.2) is 17.5 Å². The van der Waals surface area contributed by atoms with Crippen LogP contribution in [0.15, 0.2) is 66.5 Å². The molecule has 0 amide bonds. The topological polar surface area (TPSA) is 91.1 Å². The fourth-order valence-electron chi connectivity index (χ4n) is 2.70. The summed E-state index contributed by atoms with van der Waals surface area (Å²) in [6.07, 6.45) is -0.262. The molecule has 162 valence electrons. The van der Waals surface area contributed by atoms with Gasteiger partial charge >= 0.3 is 5.97 Å². The summed E-state index contributed by atoms with van der Waals surface area (Å²) in [6.45, 7) is 5.27. The summed E-state index contributed by atoms with van der Waals surface area (Å²) in [5.41, 5.74) is 0.639. The minimum Gasteiger partial charge on any atom is -0.461 e. The van der Waals surface area contributed by atoms with Crippen LogP contribution in [0, 0.1) is 10.1 Å². The zero-order chi connectivity index (χ0) is 22.4. The zero-order valence-corrected chi connectivity index (χ0v) is 18.3. The van der Waals surface area contributed by atoms with Gasteiger partial charge in [-0.2, -0.15) is 5.06 Å². The Balaban J connectivity index is 1.89. The number of nitro benzene ring substituents is 1. The third kappa shape index (κ3) is 5.77. The molecule has 0 saturated carbocycles. The van der Waals surface area contributed by atoms with Gasteiger partial charge in [-0.1, -0.05) is 18.2 Å². The largest absolute Gasteiger partial charge is 0.461 e. The van der Waals surface area contributed by atoms with E-state index in [1.54, 1.807) is 39.0 Å². The second-order valence-electron chi connectivity index (χ2n) is 6.94. The summed E-state index contributed by atoms with van der Waals surface area (Å²) in [4.78, 5) is 29.1. The molecule has 1 aromatic heterocycles. The van der Waals surface area contributed by atoms with Gasteiger partial charge in [0.1, 0.15) is 11.2 Å². The molecule has 0 aliphatic carbocycles. The molecule has 1 unspecified atom stereocenters. The Morgan fingerprint density at radius 1 is 1.00 bits per heavy atom. The number of nitro groups is 1. The van der Waals surface area contributed by atoms with E-state index in [0.29, 0.717) is 22.7 Å². The Labute approximate surface area is 181 Å². The van der Waals surface area contributed by atoms with Gasteiger partial charge in [0.05, 0.1) is 11.0 Å². The van der Waals surface area contributed by atoms with Gasteiger partial charge in [0, 0.05) is 12.1 Å². The molecule has 9 heteroatoms. The first-order chi connectivity index (χ1) is 14.8. The molecule has 0 radical (unpaired) electrons. The maximum absolute atomic E-state index is 12.6. The number of ether oxygens (including phenoxy) is 2. The number of non-ortho nitro benzene ring substituents is 1. The lowest BCUT2D eigenvalue weighted by molar-refractivity contribution is -0.384. The van der Waals surface area contributed by atoms with Gasteiger partial charge < -0.3 is 14.3 Å². The first kappa shape index (κ1) is 22.2. The van der Waals surface area contributed by atoms with Crippen LogP contribution in [0.5, 0.6) is 17.2 Å². The maximum Gasteiger partial charge on any atom is 0.332 e. The molecular weight excluding hydrogens is 419 g/mol. The van der Waals surface area contributed by atoms with Crippen LogP contribution in [0.25, 0.3) is 0 Å². The Morgan fingerprint density at radius 3 is 2.29 bits per heavy atom. The van der Waals surface area contributed by atoms with Crippen molar-refractivity contribution in [3.63, 3.8) is 0 Å². The number of hydrogen-bond donors (Lipinski definition) is 0. The van der Waals surface area contributed by atoms with Gasteiger partial charge in [-0.3, -0.25) is 10.1 Å². The molecule has 0 spiro atoms. The zero-order valence-electron chi connectivity index (χ0n) is 17.3. The Hall–Kier alpha value is -3.51. The number of benzene rings is 2. The number of carbonyl (C=O) groups excluding carboxylic acids is 1. The average Bonchev–Trinajstić information content (AvgIpc) is 3.20. The van der Waals surface area contributed by atoms with E-state index < -0.39 is 16.9 Å². The summed E-state index contributed by atoms with van der Waals surface area (Å²) < 4.78 is 11.3. The highest BCUT2D eigenvalue weighted by molar-refractivity contribution is 7.34. The van der Waals surface area contributed by atoms with E-state index in [1.165, 1.54) is 29.3 Å². The molecule has 2 atom stereocenters. The van der Waals surface area contributed by atoms with Crippen LogP contribution in [0.4, 0.5) is 11.1 Å². The van der Waals surface area contributed by atoms with E-state index in [1.807, 2.05) is 24.0 Å². The lowest BCUT2D eigenvalue weighted by Crippen LogP contribution is -2.43. The van der Waals surface area contributed by atoms with Crippen molar-refractivity contribution < 1.29 is 24.0 Å². The molecule has 1 heterocycles. The van der Waals surface area contributed by atoms with Crippen molar-refractivity contribution in [3.8, 4) is 17.2 Å². The van der Waals surface area contributed by atoms with Crippen LogP contribution in [0.2, 0.25) is 0 Å². The number of rotatable bonds is 9. The van der Waals surface area contributed by atoms with Gasteiger partial charge in [0.25, 0.3) is 5.69 Å². The minimum atomic E-state index is -0.736. The van der Waals surface area contributed by atoms with Gasteiger partial charge in [-0.25, -0.2) is 4.79 Å². The predicted octanol–water partition coefficient (Wildman–Crippen LogP) is 5.56. The number of carbonyl (C=O) groups is 1. The van der Waals surface area contributed by atoms with Gasteiger partial charge in [0.2, 0.25) is 0 Å². The molecule has 0 aliphatic heterocycles. The van der Waals surface area contributed by atoms with E-state index in [-0.39, 0.29) is 20.0 Å². The third-order valence-corrected chi connectivity index (χ3v) is 5.25. The molecule has 0 saturated heterocycles. The van der Waals surface area contributed by atoms with Crippen molar-refractivity contribution in [2.24, 2.45) is 0 Å². The van der Waals surface area contributed by atoms with Crippen LogP contribution < -0.4 is 14.6 Å².